The number of aromatic nitrogens is 1. The molecule has 3 aromatic rings. The second-order valence-electron chi connectivity index (χ2n) is 6.92. The molecule has 3 rings (SSSR count). The van der Waals surface area contributed by atoms with Crippen molar-refractivity contribution in [3.63, 3.8) is 0 Å². The number of rotatable bonds is 7. The van der Waals surface area contributed by atoms with Crippen LogP contribution in [0, 0.1) is 6.92 Å². The number of unbranched alkanes of at least 4 members (excludes halogenated alkanes) is 1. The molecule has 0 spiro atoms. The number of nitrogens with zero attached hydrogens (tertiary/aromatic N) is 1. The van der Waals surface area contributed by atoms with Crippen LogP contribution in [0.25, 0.3) is 11.3 Å². The van der Waals surface area contributed by atoms with Gasteiger partial charge in [0, 0.05) is 29.4 Å². The SMILES string of the molecule is CCCCC(=O)c1ccc(C(=O)Nc2ccc(C)c(-c3ccccn3)c2)c(Cl)c1. The average molecular weight is 407 g/mol. The van der Waals surface area contributed by atoms with Crippen molar-refractivity contribution in [2.75, 3.05) is 5.32 Å². The van der Waals surface area contributed by atoms with E-state index < -0.39 is 0 Å². The van der Waals surface area contributed by atoms with Gasteiger partial charge in [0.15, 0.2) is 5.78 Å². The number of hydrogen-bond acceptors (Lipinski definition) is 3. The Morgan fingerprint density at radius 3 is 2.59 bits per heavy atom. The minimum Gasteiger partial charge on any atom is -0.322 e. The zero-order valence-corrected chi connectivity index (χ0v) is 17.3. The minimum absolute atomic E-state index is 0.0410. The van der Waals surface area contributed by atoms with Crippen LogP contribution in [0.5, 0.6) is 0 Å². The molecule has 29 heavy (non-hydrogen) atoms. The highest BCUT2D eigenvalue weighted by Crippen LogP contribution is 2.26. The lowest BCUT2D eigenvalue weighted by atomic mass is 10.0. The molecule has 0 aliphatic rings. The largest absolute Gasteiger partial charge is 0.322 e. The molecule has 0 saturated carbocycles. The topological polar surface area (TPSA) is 59.1 Å². The molecule has 0 fully saturated rings. The third-order valence-electron chi connectivity index (χ3n) is 4.73. The summed E-state index contributed by atoms with van der Waals surface area (Å²) in [5.41, 5.74) is 4.38. The van der Waals surface area contributed by atoms with E-state index >= 15 is 0 Å². The van der Waals surface area contributed by atoms with Crippen molar-refractivity contribution in [2.24, 2.45) is 0 Å². The fourth-order valence-electron chi connectivity index (χ4n) is 3.05. The third kappa shape index (κ3) is 5.09. The molecule has 148 valence electrons. The molecule has 1 N–H and O–H groups in total. The molecule has 1 aromatic heterocycles. The number of carbonyl (C=O) groups excluding carboxylic acids is 2. The van der Waals surface area contributed by atoms with Crippen LogP contribution in [-0.2, 0) is 0 Å². The fourth-order valence-corrected chi connectivity index (χ4v) is 3.32. The van der Waals surface area contributed by atoms with Crippen molar-refractivity contribution in [3.8, 4) is 11.3 Å². The van der Waals surface area contributed by atoms with Gasteiger partial charge in [0.1, 0.15) is 0 Å². The van der Waals surface area contributed by atoms with E-state index in [1.807, 2.05) is 50.2 Å². The molecule has 5 heteroatoms. The normalized spacial score (nSPS) is 10.6. The number of hydrogen-bond donors (Lipinski definition) is 1. The van der Waals surface area contributed by atoms with Crippen molar-refractivity contribution in [1.82, 2.24) is 4.98 Å². The van der Waals surface area contributed by atoms with Gasteiger partial charge in [-0.05, 0) is 55.3 Å². The number of aryl methyl sites for hydroxylation is 1. The number of anilines is 1. The number of carbonyl (C=O) groups is 2. The standard InChI is InChI=1S/C24H23ClN2O2/c1-3-4-8-23(28)17-10-12-19(21(25)14-17)24(29)27-18-11-9-16(2)20(15-18)22-7-5-6-13-26-22/h5-7,9-15H,3-4,8H2,1-2H3,(H,27,29). The summed E-state index contributed by atoms with van der Waals surface area (Å²) in [5, 5.41) is 3.15. The summed E-state index contributed by atoms with van der Waals surface area (Å²) in [5.74, 6) is -0.280. The van der Waals surface area contributed by atoms with Crippen LogP contribution >= 0.6 is 11.6 Å². The van der Waals surface area contributed by atoms with Gasteiger partial charge in [0.25, 0.3) is 5.91 Å². The molecule has 0 atom stereocenters. The van der Waals surface area contributed by atoms with Crippen LogP contribution in [0.15, 0.2) is 60.8 Å². The molecule has 1 heterocycles. The molecule has 0 aliphatic carbocycles. The molecule has 0 aliphatic heterocycles. The maximum Gasteiger partial charge on any atom is 0.257 e. The van der Waals surface area contributed by atoms with Crippen molar-refractivity contribution >= 4 is 29.0 Å². The quantitative estimate of drug-likeness (QED) is 0.466. The van der Waals surface area contributed by atoms with E-state index in [2.05, 4.69) is 10.3 Å². The number of nitrogens with one attached hydrogen (secondary N) is 1. The number of benzene rings is 2. The van der Waals surface area contributed by atoms with E-state index in [4.69, 9.17) is 11.6 Å². The summed E-state index contributed by atoms with van der Waals surface area (Å²) in [6.07, 6.45) is 4.02. The Morgan fingerprint density at radius 1 is 1.07 bits per heavy atom. The summed E-state index contributed by atoms with van der Waals surface area (Å²) in [6, 6.07) is 16.2. The van der Waals surface area contributed by atoms with Crippen LogP contribution < -0.4 is 5.32 Å². The summed E-state index contributed by atoms with van der Waals surface area (Å²) < 4.78 is 0. The molecule has 2 aromatic carbocycles. The van der Waals surface area contributed by atoms with Crippen molar-refractivity contribution in [2.45, 2.75) is 33.1 Å². The fraction of sp³-hybridized carbons (Fsp3) is 0.208. The van der Waals surface area contributed by atoms with Gasteiger partial charge in [0.2, 0.25) is 0 Å². The number of amides is 1. The molecule has 4 nitrogen and oxygen atoms in total. The maximum absolute atomic E-state index is 12.7. The minimum atomic E-state index is -0.321. The van der Waals surface area contributed by atoms with Crippen LogP contribution in [0.2, 0.25) is 5.02 Å². The van der Waals surface area contributed by atoms with E-state index in [0.717, 1.165) is 29.7 Å². The zero-order valence-electron chi connectivity index (χ0n) is 16.5. The van der Waals surface area contributed by atoms with Gasteiger partial charge in [0.05, 0.1) is 16.3 Å². The maximum atomic E-state index is 12.7. The number of pyridine rings is 1. The van der Waals surface area contributed by atoms with Crippen molar-refractivity contribution in [3.05, 3.63) is 82.5 Å². The number of ketones is 1. The lowest BCUT2D eigenvalue weighted by Gasteiger charge is -2.11. The highest BCUT2D eigenvalue weighted by atomic mass is 35.5. The van der Waals surface area contributed by atoms with Gasteiger partial charge in [-0.3, -0.25) is 14.6 Å². The Labute approximate surface area is 175 Å². The molecule has 1 amide bonds. The monoisotopic (exact) mass is 406 g/mol. The summed E-state index contributed by atoms with van der Waals surface area (Å²) in [6.45, 7) is 4.04. The predicted octanol–water partition coefficient (Wildman–Crippen LogP) is 6.34. The summed E-state index contributed by atoms with van der Waals surface area (Å²) in [4.78, 5) is 29.3. The van der Waals surface area contributed by atoms with Gasteiger partial charge >= 0.3 is 0 Å². The first-order valence-corrected chi connectivity index (χ1v) is 10.0. The highest BCUT2D eigenvalue weighted by molar-refractivity contribution is 6.34. The molecule has 0 radical (unpaired) electrons. The Hall–Kier alpha value is -2.98. The number of halogens is 1. The van der Waals surface area contributed by atoms with Gasteiger partial charge in [-0.1, -0.05) is 43.1 Å². The van der Waals surface area contributed by atoms with Crippen LogP contribution in [0.1, 0.15) is 52.5 Å². The zero-order chi connectivity index (χ0) is 20.8. The Morgan fingerprint density at radius 2 is 1.90 bits per heavy atom. The third-order valence-corrected chi connectivity index (χ3v) is 5.04. The lowest BCUT2D eigenvalue weighted by Crippen LogP contribution is -2.13. The molecular weight excluding hydrogens is 384 g/mol. The molecule has 0 unspecified atom stereocenters. The van der Waals surface area contributed by atoms with Gasteiger partial charge in [-0.25, -0.2) is 0 Å². The summed E-state index contributed by atoms with van der Waals surface area (Å²) >= 11 is 6.30. The van der Waals surface area contributed by atoms with Crippen LogP contribution in [0.4, 0.5) is 5.69 Å². The Bertz CT molecular complexity index is 1030. The van der Waals surface area contributed by atoms with Gasteiger partial charge in [-0.2, -0.15) is 0 Å². The van der Waals surface area contributed by atoms with E-state index in [-0.39, 0.29) is 16.7 Å². The van der Waals surface area contributed by atoms with Gasteiger partial charge < -0.3 is 5.32 Å². The van der Waals surface area contributed by atoms with Gasteiger partial charge in [-0.15, -0.1) is 0 Å². The van der Waals surface area contributed by atoms with E-state index in [0.29, 0.717) is 23.2 Å². The molecular formula is C24H23ClN2O2. The lowest BCUT2D eigenvalue weighted by molar-refractivity contribution is 0.0977. The number of Topliss-reactive ketones (excluding diaryl/α,β-unsaturated/α-hetero) is 1. The van der Waals surface area contributed by atoms with Crippen molar-refractivity contribution < 1.29 is 9.59 Å². The smallest absolute Gasteiger partial charge is 0.257 e. The second kappa shape index (κ2) is 9.48. The Balaban J connectivity index is 1.79. The van der Waals surface area contributed by atoms with Crippen LogP contribution in [-0.4, -0.2) is 16.7 Å². The van der Waals surface area contributed by atoms with E-state index in [9.17, 15) is 9.59 Å². The summed E-state index contributed by atoms with van der Waals surface area (Å²) in [7, 11) is 0. The van der Waals surface area contributed by atoms with E-state index in [1.54, 1.807) is 24.4 Å². The second-order valence-corrected chi connectivity index (χ2v) is 7.33. The average Bonchev–Trinajstić information content (AvgIpc) is 2.73. The Kier molecular flexibility index (Phi) is 6.78. The first-order chi connectivity index (χ1) is 14.0. The highest BCUT2D eigenvalue weighted by Gasteiger charge is 2.15. The molecule has 0 bridgehead atoms. The van der Waals surface area contributed by atoms with Crippen LogP contribution in [0.3, 0.4) is 0 Å². The van der Waals surface area contributed by atoms with E-state index in [1.165, 1.54) is 0 Å². The first-order valence-electron chi connectivity index (χ1n) is 9.65. The van der Waals surface area contributed by atoms with Crippen molar-refractivity contribution in [1.29, 1.82) is 0 Å². The predicted molar refractivity (Wildman–Crippen MR) is 118 cm³/mol. The molecule has 0 saturated heterocycles. The first kappa shape index (κ1) is 20.7.